The van der Waals surface area contributed by atoms with E-state index >= 15 is 0 Å². The number of rotatable bonds is 5. The molecule has 20 heavy (non-hydrogen) atoms. The van der Waals surface area contributed by atoms with Gasteiger partial charge in [-0.1, -0.05) is 49.7 Å². The van der Waals surface area contributed by atoms with Gasteiger partial charge in [-0.15, -0.1) is 0 Å². The summed E-state index contributed by atoms with van der Waals surface area (Å²) in [5, 5.41) is 4.89. The molecule has 5 heteroatoms. The zero-order valence-corrected chi connectivity index (χ0v) is 12.9. The van der Waals surface area contributed by atoms with Crippen molar-refractivity contribution in [1.29, 1.82) is 0 Å². The van der Waals surface area contributed by atoms with Crippen LogP contribution in [0.5, 0.6) is 0 Å². The lowest BCUT2D eigenvalue weighted by atomic mass is 9.98. The number of halogens is 1. The van der Waals surface area contributed by atoms with E-state index in [2.05, 4.69) is 48.6 Å². The normalized spacial score (nSPS) is 12.9. The summed E-state index contributed by atoms with van der Waals surface area (Å²) in [6.07, 6.45) is 1.66. The van der Waals surface area contributed by atoms with Crippen molar-refractivity contribution in [2.45, 2.75) is 39.3 Å². The number of aryl methyl sites for hydroxylation is 1. The van der Waals surface area contributed by atoms with Gasteiger partial charge >= 0.3 is 0 Å². The molecule has 0 aliphatic carbocycles. The first kappa shape index (κ1) is 15.0. The molecule has 0 spiro atoms. The molecule has 3 N–H and O–H groups in total. The Hall–Kier alpha value is -1.36. The maximum absolute atomic E-state index is 6.25. The van der Waals surface area contributed by atoms with E-state index in [-0.39, 0.29) is 6.04 Å². The summed E-state index contributed by atoms with van der Waals surface area (Å²) in [6.45, 7) is 7.14. The summed E-state index contributed by atoms with van der Waals surface area (Å²) in [4.78, 5) is 0. The minimum absolute atomic E-state index is 0.161. The maximum atomic E-state index is 6.25. The van der Waals surface area contributed by atoms with Gasteiger partial charge < -0.3 is 0 Å². The topological polar surface area (TPSA) is 55.9 Å². The standard InChI is InChI=1S/C15H21ClN4/c1-4-20-15(13(16)9-18-20)14(19-17)12-7-5-11(6-8-12)10(2)3/h5-10,14,19H,4,17H2,1-3H3. The summed E-state index contributed by atoms with van der Waals surface area (Å²) in [6, 6.07) is 8.27. The fourth-order valence-corrected chi connectivity index (χ4v) is 2.57. The third-order valence-corrected chi connectivity index (χ3v) is 3.80. The summed E-state index contributed by atoms with van der Waals surface area (Å²) >= 11 is 6.25. The van der Waals surface area contributed by atoms with Crippen LogP contribution in [0.3, 0.4) is 0 Å². The Kier molecular flexibility index (Phi) is 4.81. The SMILES string of the molecule is CCn1ncc(Cl)c1C(NN)c1ccc(C(C)C)cc1. The third-order valence-electron chi connectivity index (χ3n) is 3.51. The second-order valence-corrected chi connectivity index (χ2v) is 5.52. The van der Waals surface area contributed by atoms with Gasteiger partial charge in [0, 0.05) is 6.54 Å². The van der Waals surface area contributed by atoms with Crippen molar-refractivity contribution in [1.82, 2.24) is 15.2 Å². The summed E-state index contributed by atoms with van der Waals surface area (Å²) in [7, 11) is 0. The van der Waals surface area contributed by atoms with Gasteiger partial charge in [0.25, 0.3) is 0 Å². The van der Waals surface area contributed by atoms with Gasteiger partial charge in [0.1, 0.15) is 0 Å². The lowest BCUT2D eigenvalue weighted by Crippen LogP contribution is -2.31. The second-order valence-electron chi connectivity index (χ2n) is 5.11. The Morgan fingerprint density at radius 3 is 2.35 bits per heavy atom. The van der Waals surface area contributed by atoms with Crippen LogP contribution < -0.4 is 11.3 Å². The number of benzene rings is 1. The van der Waals surface area contributed by atoms with Crippen molar-refractivity contribution in [3.8, 4) is 0 Å². The largest absolute Gasteiger partial charge is 0.271 e. The molecule has 2 aromatic rings. The third kappa shape index (κ3) is 2.87. The number of nitrogens with zero attached hydrogens (tertiary/aromatic N) is 2. The number of hydrogen-bond acceptors (Lipinski definition) is 3. The molecular formula is C15H21ClN4. The van der Waals surface area contributed by atoms with Crippen LogP contribution in [0.1, 0.15) is 49.6 Å². The molecule has 2 rings (SSSR count). The average Bonchev–Trinajstić information content (AvgIpc) is 2.82. The fourth-order valence-electron chi connectivity index (χ4n) is 2.32. The van der Waals surface area contributed by atoms with Crippen LogP contribution in [-0.2, 0) is 6.54 Å². The molecule has 0 aliphatic heterocycles. The van der Waals surface area contributed by atoms with E-state index in [1.54, 1.807) is 6.20 Å². The average molecular weight is 293 g/mol. The molecular weight excluding hydrogens is 272 g/mol. The van der Waals surface area contributed by atoms with Gasteiger partial charge in [-0.05, 0) is 24.0 Å². The van der Waals surface area contributed by atoms with Crippen LogP contribution in [0.15, 0.2) is 30.5 Å². The molecule has 4 nitrogen and oxygen atoms in total. The maximum Gasteiger partial charge on any atom is 0.0893 e. The first-order valence-electron chi connectivity index (χ1n) is 6.85. The smallest absolute Gasteiger partial charge is 0.0893 e. The summed E-state index contributed by atoms with van der Waals surface area (Å²) in [5.41, 5.74) is 6.12. The van der Waals surface area contributed by atoms with E-state index in [1.807, 2.05) is 11.6 Å². The molecule has 0 saturated heterocycles. The van der Waals surface area contributed by atoms with Gasteiger partial charge in [-0.2, -0.15) is 5.10 Å². The highest BCUT2D eigenvalue weighted by atomic mass is 35.5. The molecule has 1 heterocycles. The number of nitrogens with one attached hydrogen (secondary N) is 1. The van der Waals surface area contributed by atoms with Gasteiger partial charge in [0.05, 0.1) is 23.0 Å². The van der Waals surface area contributed by atoms with Crippen LogP contribution in [0.25, 0.3) is 0 Å². The predicted octanol–water partition coefficient (Wildman–Crippen LogP) is 3.23. The van der Waals surface area contributed by atoms with E-state index in [0.717, 1.165) is 17.8 Å². The van der Waals surface area contributed by atoms with Gasteiger partial charge in [0.2, 0.25) is 0 Å². The Bertz CT molecular complexity index is 560. The van der Waals surface area contributed by atoms with E-state index < -0.39 is 0 Å². The number of nitrogens with two attached hydrogens (primary N) is 1. The van der Waals surface area contributed by atoms with Gasteiger partial charge in [-0.25, -0.2) is 5.43 Å². The lowest BCUT2D eigenvalue weighted by Gasteiger charge is -2.19. The quantitative estimate of drug-likeness (QED) is 0.657. The molecule has 0 fully saturated rings. The predicted molar refractivity (Wildman–Crippen MR) is 82.6 cm³/mol. The lowest BCUT2D eigenvalue weighted by molar-refractivity contribution is 0.543. The molecule has 108 valence electrons. The van der Waals surface area contributed by atoms with Crippen molar-refractivity contribution >= 4 is 11.6 Å². The van der Waals surface area contributed by atoms with Crippen molar-refractivity contribution in [2.24, 2.45) is 5.84 Å². The molecule has 0 saturated carbocycles. The Labute approximate surface area is 124 Å². The summed E-state index contributed by atoms with van der Waals surface area (Å²) < 4.78 is 1.86. The minimum atomic E-state index is -0.161. The highest BCUT2D eigenvalue weighted by Crippen LogP contribution is 2.28. The van der Waals surface area contributed by atoms with Crippen LogP contribution in [0.2, 0.25) is 5.02 Å². The van der Waals surface area contributed by atoms with Gasteiger partial charge in [-0.3, -0.25) is 10.5 Å². The van der Waals surface area contributed by atoms with Crippen molar-refractivity contribution < 1.29 is 0 Å². The molecule has 1 aromatic heterocycles. The van der Waals surface area contributed by atoms with Crippen molar-refractivity contribution in [3.63, 3.8) is 0 Å². The number of aromatic nitrogens is 2. The van der Waals surface area contributed by atoms with E-state index in [9.17, 15) is 0 Å². The monoisotopic (exact) mass is 292 g/mol. The zero-order valence-electron chi connectivity index (χ0n) is 12.1. The fraction of sp³-hybridized carbons (Fsp3) is 0.400. The molecule has 1 atom stereocenters. The molecule has 0 amide bonds. The number of hydrazine groups is 1. The zero-order chi connectivity index (χ0) is 14.7. The number of hydrogen-bond donors (Lipinski definition) is 2. The van der Waals surface area contributed by atoms with Gasteiger partial charge in [0.15, 0.2) is 0 Å². The van der Waals surface area contributed by atoms with E-state index in [4.69, 9.17) is 17.4 Å². The molecule has 0 aliphatic rings. The first-order chi connectivity index (χ1) is 9.58. The Morgan fingerprint density at radius 2 is 1.85 bits per heavy atom. The van der Waals surface area contributed by atoms with Crippen molar-refractivity contribution in [3.05, 3.63) is 52.3 Å². The van der Waals surface area contributed by atoms with E-state index in [1.165, 1.54) is 5.56 Å². The van der Waals surface area contributed by atoms with Crippen LogP contribution in [0.4, 0.5) is 0 Å². The molecule has 1 unspecified atom stereocenters. The highest BCUT2D eigenvalue weighted by molar-refractivity contribution is 6.31. The Balaban J connectivity index is 2.39. The highest BCUT2D eigenvalue weighted by Gasteiger charge is 2.20. The van der Waals surface area contributed by atoms with Crippen LogP contribution >= 0.6 is 11.6 Å². The molecule has 0 bridgehead atoms. The second kappa shape index (κ2) is 6.39. The minimum Gasteiger partial charge on any atom is -0.271 e. The van der Waals surface area contributed by atoms with E-state index in [0.29, 0.717) is 10.9 Å². The summed E-state index contributed by atoms with van der Waals surface area (Å²) in [5.74, 6) is 6.25. The van der Waals surface area contributed by atoms with Crippen molar-refractivity contribution in [2.75, 3.05) is 0 Å². The first-order valence-corrected chi connectivity index (χ1v) is 7.23. The molecule has 0 radical (unpaired) electrons. The van der Waals surface area contributed by atoms with Crippen LogP contribution in [-0.4, -0.2) is 9.78 Å². The van der Waals surface area contributed by atoms with Crippen LogP contribution in [0, 0.1) is 0 Å². The Morgan fingerprint density at radius 1 is 1.25 bits per heavy atom. The molecule has 1 aromatic carbocycles.